The number of nitrogens with one attached hydrogen (secondary N) is 1. The summed E-state index contributed by atoms with van der Waals surface area (Å²) in [6.45, 7) is 2.93. The lowest BCUT2D eigenvalue weighted by atomic mass is 10.3. The molecular weight excluding hydrogens is 312 g/mol. The zero-order valence-corrected chi connectivity index (χ0v) is 13.7. The van der Waals surface area contributed by atoms with Crippen LogP contribution in [0.4, 0.5) is 0 Å². The van der Waals surface area contributed by atoms with Gasteiger partial charge in [-0.2, -0.15) is 5.10 Å². The van der Waals surface area contributed by atoms with Crippen molar-refractivity contribution in [2.24, 2.45) is 7.05 Å². The van der Waals surface area contributed by atoms with Gasteiger partial charge in [-0.1, -0.05) is 18.5 Å². The summed E-state index contributed by atoms with van der Waals surface area (Å²) in [4.78, 5) is 4.55. The smallest absolute Gasteiger partial charge is 0.179 e. The Labute approximate surface area is 131 Å². The number of imidazole rings is 1. The van der Waals surface area contributed by atoms with Crippen LogP contribution >= 0.6 is 35.2 Å². The second-order valence-corrected chi connectivity index (χ2v) is 6.85. The summed E-state index contributed by atoms with van der Waals surface area (Å²) in [6, 6.07) is 4.01. The second-order valence-electron chi connectivity index (χ2n) is 4.66. The molecule has 3 aromatic rings. The number of aromatic nitrogens is 4. The molecule has 0 amide bonds. The molecule has 0 radical (unpaired) electrons. The van der Waals surface area contributed by atoms with E-state index in [9.17, 15) is 0 Å². The Morgan fingerprint density at radius 1 is 1.45 bits per heavy atom. The largest absolute Gasteiger partial charge is 0.328 e. The molecular formula is C13H15ClN4S2. The molecule has 0 bridgehead atoms. The van der Waals surface area contributed by atoms with Crippen LogP contribution in [0.5, 0.6) is 0 Å². The average Bonchev–Trinajstić information content (AvgIpc) is 3.04. The van der Waals surface area contributed by atoms with Crippen LogP contribution in [0, 0.1) is 4.77 Å². The first kappa shape index (κ1) is 13.9. The molecule has 0 saturated carbocycles. The minimum absolute atomic E-state index is 0.755. The van der Waals surface area contributed by atoms with Crippen LogP contribution in [0.3, 0.4) is 0 Å². The number of H-pyrrole nitrogens is 1. The van der Waals surface area contributed by atoms with Crippen molar-refractivity contribution in [2.75, 3.05) is 0 Å². The molecule has 0 unspecified atom stereocenters. The molecule has 0 saturated heterocycles. The molecule has 0 aliphatic carbocycles. The summed E-state index contributed by atoms with van der Waals surface area (Å²) in [7, 11) is 1.96. The van der Waals surface area contributed by atoms with Crippen LogP contribution in [0.2, 0.25) is 4.34 Å². The third-order valence-corrected chi connectivity index (χ3v) is 4.98. The Balaban J connectivity index is 1.96. The van der Waals surface area contributed by atoms with Crippen LogP contribution in [-0.2, 0) is 26.4 Å². The van der Waals surface area contributed by atoms with Crippen molar-refractivity contribution < 1.29 is 0 Å². The molecule has 0 fully saturated rings. The summed E-state index contributed by atoms with van der Waals surface area (Å²) in [5, 5.41) is 4.53. The van der Waals surface area contributed by atoms with E-state index in [1.165, 1.54) is 4.88 Å². The SMILES string of the molecule is CCc1nn(C)c2c1[nH]c(=S)n2CCc1ccc(Cl)s1. The van der Waals surface area contributed by atoms with Gasteiger partial charge in [-0.05, 0) is 37.2 Å². The lowest BCUT2D eigenvalue weighted by Crippen LogP contribution is -2.04. The van der Waals surface area contributed by atoms with Crippen LogP contribution in [0.1, 0.15) is 17.5 Å². The average molecular weight is 327 g/mol. The van der Waals surface area contributed by atoms with Gasteiger partial charge in [-0.3, -0.25) is 4.68 Å². The van der Waals surface area contributed by atoms with E-state index in [1.54, 1.807) is 11.3 Å². The summed E-state index contributed by atoms with van der Waals surface area (Å²) in [5.74, 6) is 0. The fourth-order valence-corrected chi connectivity index (χ4v) is 3.80. The second kappa shape index (κ2) is 5.35. The fraction of sp³-hybridized carbons (Fsp3) is 0.385. The topological polar surface area (TPSA) is 38.5 Å². The Bertz CT molecular complexity index is 808. The molecule has 1 N–H and O–H groups in total. The van der Waals surface area contributed by atoms with Crippen molar-refractivity contribution in [3.05, 3.63) is 31.8 Å². The van der Waals surface area contributed by atoms with Crippen molar-refractivity contribution in [3.63, 3.8) is 0 Å². The highest BCUT2D eigenvalue weighted by Gasteiger charge is 2.14. The summed E-state index contributed by atoms with van der Waals surface area (Å²) in [6.07, 6.45) is 1.82. The zero-order chi connectivity index (χ0) is 14.3. The van der Waals surface area contributed by atoms with E-state index in [2.05, 4.69) is 27.6 Å². The Morgan fingerprint density at radius 3 is 2.90 bits per heavy atom. The van der Waals surface area contributed by atoms with Crippen molar-refractivity contribution in [3.8, 4) is 0 Å². The highest BCUT2D eigenvalue weighted by atomic mass is 35.5. The summed E-state index contributed by atoms with van der Waals surface area (Å²) < 4.78 is 5.61. The van der Waals surface area contributed by atoms with E-state index >= 15 is 0 Å². The Kier molecular flexibility index (Phi) is 3.70. The molecule has 3 heterocycles. The first-order chi connectivity index (χ1) is 9.60. The molecule has 106 valence electrons. The highest BCUT2D eigenvalue weighted by Crippen LogP contribution is 2.23. The van der Waals surface area contributed by atoms with Crippen LogP contribution in [0.15, 0.2) is 12.1 Å². The van der Waals surface area contributed by atoms with E-state index in [0.717, 1.165) is 45.4 Å². The standard InChI is InChI=1S/C13H15ClN4S2/c1-3-9-11-12(17(2)16-9)18(13(19)15-11)7-6-8-4-5-10(14)20-8/h4-5H,3,6-7H2,1-2H3,(H,15,19). The Hall–Kier alpha value is -1.11. The molecule has 0 aliphatic heterocycles. The van der Waals surface area contributed by atoms with Gasteiger partial charge in [-0.25, -0.2) is 0 Å². The molecule has 0 atom stereocenters. The molecule has 7 heteroatoms. The van der Waals surface area contributed by atoms with E-state index in [4.69, 9.17) is 23.8 Å². The van der Waals surface area contributed by atoms with Gasteiger partial charge in [0.2, 0.25) is 0 Å². The molecule has 0 aromatic carbocycles. The lowest BCUT2D eigenvalue weighted by molar-refractivity contribution is 0.666. The zero-order valence-electron chi connectivity index (χ0n) is 11.3. The minimum Gasteiger partial charge on any atom is -0.328 e. The van der Waals surface area contributed by atoms with Gasteiger partial charge in [0.15, 0.2) is 10.4 Å². The number of halogens is 1. The molecule has 3 rings (SSSR count). The van der Waals surface area contributed by atoms with Crippen LogP contribution in [-0.4, -0.2) is 19.3 Å². The number of nitrogens with zero attached hydrogens (tertiary/aromatic N) is 3. The fourth-order valence-electron chi connectivity index (χ4n) is 2.44. The van der Waals surface area contributed by atoms with E-state index in [0.29, 0.717) is 0 Å². The number of thiophene rings is 1. The van der Waals surface area contributed by atoms with Crippen molar-refractivity contribution in [2.45, 2.75) is 26.3 Å². The first-order valence-electron chi connectivity index (χ1n) is 6.48. The maximum absolute atomic E-state index is 5.97. The van der Waals surface area contributed by atoms with Crippen molar-refractivity contribution in [1.82, 2.24) is 19.3 Å². The van der Waals surface area contributed by atoms with Gasteiger partial charge in [0.05, 0.1) is 10.0 Å². The normalized spacial score (nSPS) is 11.6. The predicted molar refractivity (Wildman–Crippen MR) is 86.3 cm³/mol. The van der Waals surface area contributed by atoms with Gasteiger partial charge in [0, 0.05) is 18.5 Å². The van der Waals surface area contributed by atoms with Gasteiger partial charge in [0.25, 0.3) is 0 Å². The monoisotopic (exact) mass is 326 g/mol. The Morgan fingerprint density at radius 2 is 2.25 bits per heavy atom. The maximum Gasteiger partial charge on any atom is 0.179 e. The van der Waals surface area contributed by atoms with Crippen molar-refractivity contribution in [1.29, 1.82) is 0 Å². The predicted octanol–water partition coefficient (Wildman–Crippen LogP) is 3.95. The maximum atomic E-state index is 5.97. The number of aromatic amines is 1. The number of rotatable bonds is 4. The van der Waals surface area contributed by atoms with Crippen LogP contribution in [0.25, 0.3) is 11.2 Å². The molecule has 0 spiro atoms. The van der Waals surface area contributed by atoms with Gasteiger partial charge in [0.1, 0.15) is 5.52 Å². The van der Waals surface area contributed by atoms with Gasteiger partial charge in [-0.15, -0.1) is 11.3 Å². The van der Waals surface area contributed by atoms with Crippen molar-refractivity contribution >= 4 is 46.3 Å². The third kappa shape index (κ3) is 2.32. The number of hydrogen-bond donors (Lipinski definition) is 1. The van der Waals surface area contributed by atoms with Gasteiger partial charge >= 0.3 is 0 Å². The number of hydrogen-bond acceptors (Lipinski definition) is 3. The molecule has 4 nitrogen and oxygen atoms in total. The van der Waals surface area contributed by atoms with E-state index in [-0.39, 0.29) is 0 Å². The van der Waals surface area contributed by atoms with Crippen LogP contribution < -0.4 is 0 Å². The summed E-state index contributed by atoms with van der Waals surface area (Å²) in [5.41, 5.74) is 3.19. The first-order valence-corrected chi connectivity index (χ1v) is 8.09. The molecule has 3 aromatic heterocycles. The van der Waals surface area contributed by atoms with Gasteiger partial charge < -0.3 is 9.55 Å². The number of aryl methyl sites for hydroxylation is 4. The highest BCUT2D eigenvalue weighted by molar-refractivity contribution is 7.71. The quantitative estimate of drug-likeness (QED) is 0.737. The number of fused-ring (bicyclic) bond motifs is 1. The molecule has 0 aliphatic rings. The summed E-state index contributed by atoms with van der Waals surface area (Å²) >= 11 is 13.0. The lowest BCUT2D eigenvalue weighted by Gasteiger charge is -2.03. The third-order valence-electron chi connectivity index (χ3n) is 3.37. The minimum atomic E-state index is 0.755. The van der Waals surface area contributed by atoms with E-state index < -0.39 is 0 Å². The molecule has 20 heavy (non-hydrogen) atoms. The van der Waals surface area contributed by atoms with E-state index in [1.807, 2.05) is 17.8 Å².